The summed E-state index contributed by atoms with van der Waals surface area (Å²) in [5.74, 6) is -0.243. The molecule has 0 atom stereocenters. The summed E-state index contributed by atoms with van der Waals surface area (Å²) in [6.07, 6.45) is 2.45. The molecule has 0 spiro atoms. The molecule has 1 N–H and O–H groups in total. The van der Waals surface area contributed by atoms with Crippen molar-refractivity contribution in [3.05, 3.63) is 64.3 Å². The standard InChI is InChI=1S/C17H12Cl2N2O2/c18-12-5-6-15(14(19)7-12)20-17(23)9-21-8-11(10-22)13-3-1-2-4-16(13)21/h1-8,10H,9H2,(H,20,23). The van der Waals surface area contributed by atoms with Crippen molar-refractivity contribution >= 4 is 52.0 Å². The van der Waals surface area contributed by atoms with E-state index in [0.717, 1.165) is 17.2 Å². The monoisotopic (exact) mass is 346 g/mol. The number of hydrogen-bond acceptors (Lipinski definition) is 2. The van der Waals surface area contributed by atoms with Gasteiger partial charge in [0.25, 0.3) is 0 Å². The Balaban J connectivity index is 1.84. The molecule has 0 saturated heterocycles. The number of carbonyl (C=O) groups excluding carboxylic acids is 2. The predicted octanol–water partition coefficient (Wildman–Crippen LogP) is 4.40. The summed E-state index contributed by atoms with van der Waals surface area (Å²) in [5, 5.41) is 4.43. The van der Waals surface area contributed by atoms with Crippen molar-refractivity contribution in [2.75, 3.05) is 5.32 Å². The van der Waals surface area contributed by atoms with Crippen molar-refractivity contribution in [2.24, 2.45) is 0 Å². The van der Waals surface area contributed by atoms with Crippen molar-refractivity contribution in [3.63, 3.8) is 0 Å². The third kappa shape index (κ3) is 3.23. The molecule has 1 amide bonds. The lowest BCUT2D eigenvalue weighted by Gasteiger charge is -2.09. The van der Waals surface area contributed by atoms with Gasteiger partial charge in [0.15, 0.2) is 6.29 Å². The maximum Gasteiger partial charge on any atom is 0.244 e. The van der Waals surface area contributed by atoms with E-state index in [0.29, 0.717) is 21.3 Å². The first-order chi connectivity index (χ1) is 11.1. The van der Waals surface area contributed by atoms with E-state index in [9.17, 15) is 9.59 Å². The molecule has 3 rings (SSSR count). The molecule has 0 unspecified atom stereocenters. The highest BCUT2D eigenvalue weighted by Gasteiger charge is 2.11. The minimum atomic E-state index is -0.243. The highest BCUT2D eigenvalue weighted by molar-refractivity contribution is 6.36. The molecular weight excluding hydrogens is 335 g/mol. The van der Waals surface area contributed by atoms with Gasteiger partial charge in [-0.1, -0.05) is 41.4 Å². The Morgan fingerprint density at radius 3 is 2.70 bits per heavy atom. The lowest BCUT2D eigenvalue weighted by molar-refractivity contribution is -0.116. The summed E-state index contributed by atoms with van der Waals surface area (Å²) < 4.78 is 1.73. The van der Waals surface area contributed by atoms with Gasteiger partial charge in [0, 0.05) is 27.7 Å². The molecule has 116 valence electrons. The van der Waals surface area contributed by atoms with Crippen LogP contribution in [0.2, 0.25) is 10.0 Å². The maximum atomic E-state index is 12.2. The van der Waals surface area contributed by atoms with Crippen LogP contribution in [0.25, 0.3) is 10.9 Å². The largest absolute Gasteiger partial charge is 0.337 e. The third-order valence-electron chi connectivity index (χ3n) is 3.47. The van der Waals surface area contributed by atoms with E-state index in [2.05, 4.69) is 5.32 Å². The molecule has 0 aliphatic carbocycles. The molecule has 0 aliphatic rings. The van der Waals surface area contributed by atoms with Crippen LogP contribution in [0.15, 0.2) is 48.7 Å². The van der Waals surface area contributed by atoms with Gasteiger partial charge in [0.1, 0.15) is 6.54 Å². The Morgan fingerprint density at radius 1 is 1.17 bits per heavy atom. The van der Waals surface area contributed by atoms with Gasteiger partial charge in [0.05, 0.1) is 10.7 Å². The van der Waals surface area contributed by atoms with Crippen LogP contribution >= 0.6 is 23.2 Å². The number of nitrogens with one attached hydrogen (secondary N) is 1. The first-order valence-corrected chi connectivity index (χ1v) is 7.62. The lowest BCUT2D eigenvalue weighted by atomic mass is 10.2. The van der Waals surface area contributed by atoms with E-state index in [1.54, 1.807) is 29.0 Å². The second-order valence-electron chi connectivity index (χ2n) is 5.02. The SMILES string of the molecule is O=Cc1cn(CC(=O)Nc2ccc(Cl)cc2Cl)c2ccccc12. The van der Waals surface area contributed by atoms with Gasteiger partial charge in [-0.2, -0.15) is 0 Å². The zero-order valence-electron chi connectivity index (χ0n) is 11.9. The molecule has 2 aromatic carbocycles. The van der Waals surface area contributed by atoms with E-state index < -0.39 is 0 Å². The molecule has 0 bridgehead atoms. The molecule has 0 saturated carbocycles. The van der Waals surface area contributed by atoms with Crippen LogP contribution in [0.1, 0.15) is 10.4 Å². The van der Waals surface area contributed by atoms with Crippen LogP contribution in [0.4, 0.5) is 5.69 Å². The number of aromatic nitrogens is 1. The number of rotatable bonds is 4. The van der Waals surface area contributed by atoms with Gasteiger partial charge in [-0.15, -0.1) is 0 Å². The van der Waals surface area contributed by atoms with Crippen LogP contribution in [-0.4, -0.2) is 16.8 Å². The highest BCUT2D eigenvalue weighted by atomic mass is 35.5. The highest BCUT2D eigenvalue weighted by Crippen LogP contribution is 2.25. The summed E-state index contributed by atoms with van der Waals surface area (Å²) in [5.41, 5.74) is 1.87. The minimum Gasteiger partial charge on any atom is -0.337 e. The number of para-hydroxylation sites is 1. The van der Waals surface area contributed by atoms with Gasteiger partial charge in [-0.25, -0.2) is 0 Å². The number of amides is 1. The zero-order valence-corrected chi connectivity index (χ0v) is 13.4. The number of aldehydes is 1. The summed E-state index contributed by atoms with van der Waals surface area (Å²) in [6, 6.07) is 12.3. The van der Waals surface area contributed by atoms with Crippen LogP contribution in [0, 0.1) is 0 Å². The molecule has 4 nitrogen and oxygen atoms in total. The fraction of sp³-hybridized carbons (Fsp3) is 0.0588. The fourth-order valence-corrected chi connectivity index (χ4v) is 2.89. The van der Waals surface area contributed by atoms with Crippen molar-refractivity contribution in [3.8, 4) is 0 Å². The molecule has 0 aliphatic heterocycles. The lowest BCUT2D eigenvalue weighted by Crippen LogP contribution is -2.18. The number of anilines is 1. The van der Waals surface area contributed by atoms with Gasteiger partial charge in [-0.3, -0.25) is 9.59 Å². The summed E-state index contributed by atoms with van der Waals surface area (Å²) in [4.78, 5) is 23.4. The molecule has 1 heterocycles. The molecule has 23 heavy (non-hydrogen) atoms. The molecule has 1 aromatic heterocycles. The Morgan fingerprint density at radius 2 is 1.96 bits per heavy atom. The second-order valence-corrected chi connectivity index (χ2v) is 5.86. The predicted molar refractivity (Wildman–Crippen MR) is 92.4 cm³/mol. The van der Waals surface area contributed by atoms with Gasteiger partial charge in [0.2, 0.25) is 5.91 Å². The fourth-order valence-electron chi connectivity index (χ4n) is 2.44. The van der Waals surface area contributed by atoms with Gasteiger partial charge < -0.3 is 9.88 Å². The Hall–Kier alpha value is -2.30. The van der Waals surface area contributed by atoms with E-state index in [4.69, 9.17) is 23.2 Å². The smallest absolute Gasteiger partial charge is 0.244 e. The number of fused-ring (bicyclic) bond motifs is 1. The van der Waals surface area contributed by atoms with Crippen molar-refractivity contribution in [1.29, 1.82) is 0 Å². The molecule has 3 aromatic rings. The normalized spacial score (nSPS) is 10.7. The Labute approximate surface area is 142 Å². The minimum absolute atomic E-state index is 0.0767. The number of carbonyl (C=O) groups is 2. The first-order valence-electron chi connectivity index (χ1n) is 6.86. The van der Waals surface area contributed by atoms with Crippen LogP contribution in [0.3, 0.4) is 0 Å². The topological polar surface area (TPSA) is 51.1 Å². The Kier molecular flexibility index (Phi) is 4.37. The zero-order chi connectivity index (χ0) is 16.4. The van der Waals surface area contributed by atoms with Crippen molar-refractivity contribution in [2.45, 2.75) is 6.54 Å². The molecule has 0 fully saturated rings. The number of halogens is 2. The number of benzene rings is 2. The maximum absolute atomic E-state index is 12.2. The summed E-state index contributed by atoms with van der Waals surface area (Å²) in [7, 11) is 0. The van der Waals surface area contributed by atoms with Crippen LogP contribution in [-0.2, 0) is 11.3 Å². The van der Waals surface area contributed by atoms with Crippen LogP contribution in [0.5, 0.6) is 0 Å². The molecule has 6 heteroatoms. The number of nitrogens with zero attached hydrogens (tertiary/aromatic N) is 1. The Bertz CT molecular complexity index is 903. The second kappa shape index (κ2) is 6.44. The average Bonchev–Trinajstić information content (AvgIpc) is 2.88. The van der Waals surface area contributed by atoms with E-state index >= 15 is 0 Å². The van der Waals surface area contributed by atoms with E-state index in [1.165, 1.54) is 0 Å². The molecule has 0 radical (unpaired) electrons. The first kappa shape index (κ1) is 15.6. The van der Waals surface area contributed by atoms with Crippen LogP contribution < -0.4 is 5.32 Å². The summed E-state index contributed by atoms with van der Waals surface area (Å²) >= 11 is 11.9. The van der Waals surface area contributed by atoms with E-state index in [1.807, 2.05) is 24.3 Å². The average molecular weight is 347 g/mol. The van der Waals surface area contributed by atoms with Gasteiger partial charge in [-0.05, 0) is 24.3 Å². The summed E-state index contributed by atoms with van der Waals surface area (Å²) in [6.45, 7) is 0.0767. The molecular formula is C17H12Cl2N2O2. The third-order valence-corrected chi connectivity index (χ3v) is 4.01. The number of hydrogen-bond donors (Lipinski definition) is 1. The quantitative estimate of drug-likeness (QED) is 0.711. The van der Waals surface area contributed by atoms with Gasteiger partial charge >= 0.3 is 0 Å². The van der Waals surface area contributed by atoms with Crippen molar-refractivity contribution < 1.29 is 9.59 Å². The van der Waals surface area contributed by atoms with Crippen molar-refractivity contribution in [1.82, 2.24) is 4.57 Å². The van der Waals surface area contributed by atoms with E-state index in [-0.39, 0.29) is 12.5 Å².